The quantitative estimate of drug-likeness (QED) is 0.819. The van der Waals surface area contributed by atoms with Crippen LogP contribution in [-0.4, -0.2) is 24.1 Å². The van der Waals surface area contributed by atoms with E-state index in [1.165, 1.54) is 0 Å². The van der Waals surface area contributed by atoms with Crippen molar-refractivity contribution in [1.82, 2.24) is 4.90 Å². The van der Waals surface area contributed by atoms with E-state index in [1.54, 1.807) is 0 Å². The molecule has 3 nitrogen and oxygen atoms in total. The Morgan fingerprint density at radius 2 is 2.21 bits per heavy atom. The molecule has 1 aliphatic heterocycles. The van der Waals surface area contributed by atoms with Crippen molar-refractivity contribution < 1.29 is 0 Å². The molecular formula is C10H12ClN3. The van der Waals surface area contributed by atoms with Crippen LogP contribution in [0.25, 0.3) is 0 Å². The molecule has 1 heterocycles. The molecule has 1 aliphatic rings. The van der Waals surface area contributed by atoms with E-state index in [0.29, 0.717) is 5.96 Å². The number of rotatable bonds is 3. The summed E-state index contributed by atoms with van der Waals surface area (Å²) in [4.78, 5) is 6.00. The fourth-order valence-electron chi connectivity index (χ4n) is 1.39. The predicted molar refractivity (Wildman–Crippen MR) is 58.4 cm³/mol. The Morgan fingerprint density at radius 1 is 1.43 bits per heavy atom. The van der Waals surface area contributed by atoms with E-state index in [4.69, 9.17) is 17.3 Å². The highest BCUT2D eigenvalue weighted by Gasteiger charge is 2.14. The summed E-state index contributed by atoms with van der Waals surface area (Å²) in [6, 6.07) is 7.87. The zero-order chi connectivity index (χ0) is 9.97. The summed E-state index contributed by atoms with van der Waals surface area (Å²) in [6.07, 6.45) is 0.913. The summed E-state index contributed by atoms with van der Waals surface area (Å²) in [7, 11) is 0. The number of halogens is 1. The number of guanidine groups is 1. The number of hydrogen-bond acceptors (Lipinski definition) is 3. The van der Waals surface area contributed by atoms with Gasteiger partial charge in [-0.2, -0.15) is 0 Å². The molecule has 0 spiro atoms. The molecule has 0 aliphatic carbocycles. The van der Waals surface area contributed by atoms with E-state index in [1.807, 2.05) is 29.2 Å². The van der Waals surface area contributed by atoms with Gasteiger partial charge < -0.3 is 10.6 Å². The first kappa shape index (κ1) is 9.34. The third-order valence-corrected chi connectivity index (χ3v) is 2.71. The molecule has 1 aromatic rings. The summed E-state index contributed by atoms with van der Waals surface area (Å²) in [5, 5.41) is 0.823. The van der Waals surface area contributed by atoms with Crippen LogP contribution in [0.4, 0.5) is 0 Å². The van der Waals surface area contributed by atoms with Crippen LogP contribution in [0.2, 0.25) is 5.02 Å². The maximum Gasteiger partial charge on any atom is 0.194 e. The molecule has 0 saturated carbocycles. The Kier molecular flexibility index (Phi) is 2.59. The average molecular weight is 210 g/mol. The molecule has 0 aromatic heterocycles. The minimum Gasteiger partial charge on any atom is -0.370 e. The van der Waals surface area contributed by atoms with Gasteiger partial charge in [-0.1, -0.05) is 29.8 Å². The molecule has 74 valence electrons. The first-order valence-electron chi connectivity index (χ1n) is 4.55. The van der Waals surface area contributed by atoms with Crippen LogP contribution in [0.15, 0.2) is 29.3 Å². The van der Waals surface area contributed by atoms with Gasteiger partial charge in [0.05, 0.1) is 0 Å². The molecule has 2 rings (SSSR count). The molecule has 0 unspecified atom stereocenters. The van der Waals surface area contributed by atoms with Crippen molar-refractivity contribution in [3.8, 4) is 0 Å². The normalized spacial score (nSPS) is 14.9. The number of hydrogen-bond donors (Lipinski definition) is 1. The molecule has 14 heavy (non-hydrogen) atoms. The van der Waals surface area contributed by atoms with Gasteiger partial charge in [0.15, 0.2) is 5.96 Å². The minimum absolute atomic E-state index is 0.636. The third kappa shape index (κ3) is 1.82. The van der Waals surface area contributed by atoms with Crippen LogP contribution in [0, 0.1) is 0 Å². The van der Waals surface area contributed by atoms with Crippen molar-refractivity contribution in [2.24, 2.45) is 10.7 Å². The van der Waals surface area contributed by atoms with E-state index >= 15 is 0 Å². The summed E-state index contributed by atoms with van der Waals surface area (Å²) in [6.45, 7) is 1.61. The second kappa shape index (κ2) is 3.88. The molecule has 1 aromatic carbocycles. The Labute approximate surface area is 88.2 Å². The fourth-order valence-corrected chi connectivity index (χ4v) is 1.62. The van der Waals surface area contributed by atoms with E-state index in [9.17, 15) is 0 Å². The lowest BCUT2D eigenvalue weighted by Crippen LogP contribution is -2.46. The van der Waals surface area contributed by atoms with Crippen LogP contribution in [0.3, 0.4) is 0 Å². The zero-order valence-electron chi connectivity index (χ0n) is 7.78. The lowest BCUT2D eigenvalue weighted by molar-refractivity contribution is 0.382. The third-order valence-electron chi connectivity index (χ3n) is 2.34. The molecular weight excluding hydrogens is 198 g/mol. The number of nitrogens with two attached hydrogens (primary N) is 1. The van der Waals surface area contributed by atoms with E-state index in [-0.39, 0.29) is 0 Å². The van der Waals surface area contributed by atoms with Crippen LogP contribution >= 0.6 is 11.6 Å². The van der Waals surface area contributed by atoms with Gasteiger partial charge in [-0.05, 0) is 18.1 Å². The summed E-state index contributed by atoms with van der Waals surface area (Å²) < 4.78 is 0. The zero-order valence-corrected chi connectivity index (χ0v) is 8.54. The second-order valence-electron chi connectivity index (χ2n) is 3.26. The average Bonchev–Trinajstić information content (AvgIpc) is 2.19. The van der Waals surface area contributed by atoms with Gasteiger partial charge in [0, 0.05) is 11.6 Å². The van der Waals surface area contributed by atoms with Crippen molar-refractivity contribution >= 4 is 17.6 Å². The van der Waals surface area contributed by atoms with Gasteiger partial charge >= 0.3 is 0 Å². The molecule has 0 fully saturated rings. The minimum atomic E-state index is 0.636. The molecule has 0 radical (unpaired) electrons. The van der Waals surface area contributed by atoms with Gasteiger partial charge in [-0.3, -0.25) is 0 Å². The first-order chi connectivity index (χ1) is 6.77. The molecule has 4 heteroatoms. The Balaban J connectivity index is 1.92. The van der Waals surface area contributed by atoms with Gasteiger partial charge in [0.25, 0.3) is 0 Å². The van der Waals surface area contributed by atoms with Crippen molar-refractivity contribution in [3.05, 3.63) is 34.9 Å². The van der Waals surface area contributed by atoms with Gasteiger partial charge in [-0.15, -0.1) is 0 Å². The first-order valence-corrected chi connectivity index (χ1v) is 4.93. The summed E-state index contributed by atoms with van der Waals surface area (Å²) in [5.41, 5.74) is 6.73. The molecule has 0 amide bonds. The maximum absolute atomic E-state index is 6.03. The number of benzene rings is 1. The summed E-state index contributed by atoms with van der Waals surface area (Å²) >= 11 is 6.03. The highest BCUT2D eigenvalue weighted by molar-refractivity contribution is 6.31. The Hall–Kier alpha value is -1.22. The van der Waals surface area contributed by atoms with Crippen LogP contribution < -0.4 is 5.73 Å². The SMILES string of the molecule is NC1=NCN1CCc1ccccc1Cl. The summed E-state index contributed by atoms with van der Waals surface area (Å²) in [5.74, 6) is 0.636. The topological polar surface area (TPSA) is 41.6 Å². The van der Waals surface area contributed by atoms with Gasteiger partial charge in [-0.25, -0.2) is 4.99 Å². The lowest BCUT2D eigenvalue weighted by atomic mass is 10.1. The lowest BCUT2D eigenvalue weighted by Gasteiger charge is -2.28. The fraction of sp³-hybridized carbons (Fsp3) is 0.300. The molecule has 0 bridgehead atoms. The number of aliphatic imine (C=N–C) groups is 1. The van der Waals surface area contributed by atoms with Crippen LogP contribution in [0.5, 0.6) is 0 Å². The van der Waals surface area contributed by atoms with E-state index < -0.39 is 0 Å². The molecule has 0 saturated heterocycles. The van der Waals surface area contributed by atoms with Crippen molar-refractivity contribution in [1.29, 1.82) is 0 Å². The molecule has 2 N–H and O–H groups in total. The monoisotopic (exact) mass is 209 g/mol. The van der Waals surface area contributed by atoms with Gasteiger partial charge in [0.2, 0.25) is 0 Å². The highest BCUT2D eigenvalue weighted by Crippen LogP contribution is 2.16. The smallest absolute Gasteiger partial charge is 0.194 e. The van der Waals surface area contributed by atoms with Crippen molar-refractivity contribution in [2.45, 2.75) is 6.42 Å². The Morgan fingerprint density at radius 3 is 2.79 bits per heavy atom. The number of nitrogens with zero attached hydrogens (tertiary/aromatic N) is 2. The maximum atomic E-state index is 6.03. The van der Waals surface area contributed by atoms with E-state index in [2.05, 4.69) is 4.99 Å². The van der Waals surface area contributed by atoms with Crippen LogP contribution in [0.1, 0.15) is 5.56 Å². The highest BCUT2D eigenvalue weighted by atomic mass is 35.5. The van der Waals surface area contributed by atoms with Crippen LogP contribution in [-0.2, 0) is 6.42 Å². The standard InChI is InChI=1S/C10H12ClN3/c11-9-4-2-1-3-8(9)5-6-14-7-13-10(14)12/h1-4H,5-7H2,(H2,12,13). The Bertz CT molecular complexity index is 362. The molecule has 0 atom stereocenters. The largest absolute Gasteiger partial charge is 0.370 e. The van der Waals surface area contributed by atoms with Crippen molar-refractivity contribution in [2.75, 3.05) is 13.2 Å². The predicted octanol–water partition coefficient (Wildman–Crippen LogP) is 1.47. The van der Waals surface area contributed by atoms with E-state index in [0.717, 1.165) is 30.2 Å². The van der Waals surface area contributed by atoms with Gasteiger partial charge in [0.1, 0.15) is 6.67 Å². The second-order valence-corrected chi connectivity index (χ2v) is 3.67. The van der Waals surface area contributed by atoms with Crippen molar-refractivity contribution in [3.63, 3.8) is 0 Å².